The van der Waals surface area contributed by atoms with Crippen LogP contribution in [0.3, 0.4) is 0 Å². The van der Waals surface area contributed by atoms with Gasteiger partial charge in [-0.1, -0.05) is 52.3 Å². The number of amides is 1. The summed E-state index contributed by atoms with van der Waals surface area (Å²) in [7, 11) is 0. The summed E-state index contributed by atoms with van der Waals surface area (Å²) >= 11 is 3.41. The van der Waals surface area contributed by atoms with Crippen LogP contribution < -0.4 is 5.32 Å². The zero-order valence-corrected chi connectivity index (χ0v) is 13.3. The first kappa shape index (κ1) is 14.8. The Morgan fingerprint density at radius 2 is 1.80 bits per heavy atom. The molecule has 2 nitrogen and oxygen atoms in total. The Morgan fingerprint density at radius 1 is 1.15 bits per heavy atom. The number of benzene rings is 2. The minimum atomic E-state index is 0.0135. The first-order valence-corrected chi connectivity index (χ1v) is 7.45. The first-order chi connectivity index (χ1) is 9.56. The van der Waals surface area contributed by atoms with Crippen molar-refractivity contribution >= 4 is 21.8 Å². The van der Waals surface area contributed by atoms with Crippen molar-refractivity contribution in [2.45, 2.75) is 26.3 Å². The minimum Gasteiger partial charge on any atom is -0.349 e. The van der Waals surface area contributed by atoms with Gasteiger partial charge in [-0.25, -0.2) is 0 Å². The molecule has 0 saturated heterocycles. The highest BCUT2D eigenvalue weighted by atomic mass is 79.9. The third kappa shape index (κ3) is 3.94. The van der Waals surface area contributed by atoms with Crippen LogP contribution in [0.5, 0.6) is 0 Å². The van der Waals surface area contributed by atoms with Crippen LogP contribution in [-0.2, 0) is 11.2 Å². The van der Waals surface area contributed by atoms with Crippen LogP contribution in [0.25, 0.3) is 0 Å². The van der Waals surface area contributed by atoms with Gasteiger partial charge in [-0.15, -0.1) is 0 Å². The first-order valence-electron chi connectivity index (χ1n) is 6.65. The second-order valence-electron chi connectivity index (χ2n) is 4.94. The van der Waals surface area contributed by atoms with Gasteiger partial charge in [-0.3, -0.25) is 4.79 Å². The highest BCUT2D eigenvalue weighted by Gasteiger charge is 2.10. The predicted octanol–water partition coefficient (Wildman–Crippen LogP) is 4.18. The fourth-order valence-electron chi connectivity index (χ4n) is 2.11. The van der Waals surface area contributed by atoms with Crippen molar-refractivity contribution < 1.29 is 4.79 Å². The lowest BCUT2D eigenvalue weighted by atomic mass is 10.0. The number of carbonyl (C=O) groups excluding carboxylic acids is 1. The van der Waals surface area contributed by atoms with Crippen molar-refractivity contribution in [3.05, 3.63) is 69.7 Å². The molecule has 0 spiro atoms. The molecule has 0 aliphatic heterocycles. The SMILES string of the molecule is Cc1ccccc1CC(=O)NC(C)c1ccc(Br)cc1. The lowest BCUT2D eigenvalue weighted by molar-refractivity contribution is -0.121. The van der Waals surface area contributed by atoms with Gasteiger partial charge in [0.25, 0.3) is 0 Å². The maximum absolute atomic E-state index is 12.1. The number of halogens is 1. The van der Waals surface area contributed by atoms with Crippen molar-refractivity contribution in [2.24, 2.45) is 0 Å². The molecule has 0 bridgehead atoms. The molecule has 1 atom stereocenters. The average molecular weight is 332 g/mol. The average Bonchev–Trinajstić information content (AvgIpc) is 2.42. The summed E-state index contributed by atoms with van der Waals surface area (Å²) in [6, 6.07) is 16.0. The molecule has 3 heteroatoms. The molecular formula is C17H18BrNO. The molecule has 2 aromatic rings. The Kier molecular flexibility index (Phi) is 4.96. The smallest absolute Gasteiger partial charge is 0.224 e. The van der Waals surface area contributed by atoms with E-state index in [-0.39, 0.29) is 11.9 Å². The summed E-state index contributed by atoms with van der Waals surface area (Å²) in [5.74, 6) is 0.0507. The van der Waals surface area contributed by atoms with Crippen molar-refractivity contribution in [2.75, 3.05) is 0 Å². The van der Waals surface area contributed by atoms with E-state index in [1.165, 1.54) is 0 Å². The summed E-state index contributed by atoms with van der Waals surface area (Å²) in [6.45, 7) is 4.03. The van der Waals surface area contributed by atoms with Gasteiger partial charge in [0.2, 0.25) is 5.91 Å². The summed E-state index contributed by atoms with van der Waals surface area (Å²) < 4.78 is 1.04. The van der Waals surface area contributed by atoms with Gasteiger partial charge in [0, 0.05) is 4.47 Å². The molecule has 1 N–H and O–H groups in total. The van der Waals surface area contributed by atoms with Crippen molar-refractivity contribution in [1.82, 2.24) is 5.32 Å². The lowest BCUT2D eigenvalue weighted by Gasteiger charge is -2.15. The van der Waals surface area contributed by atoms with Crippen molar-refractivity contribution in [3.8, 4) is 0 Å². The molecule has 20 heavy (non-hydrogen) atoms. The van der Waals surface area contributed by atoms with Gasteiger partial charge in [-0.2, -0.15) is 0 Å². The van der Waals surface area contributed by atoms with Crippen LogP contribution in [0.15, 0.2) is 53.0 Å². The lowest BCUT2D eigenvalue weighted by Crippen LogP contribution is -2.28. The van der Waals surface area contributed by atoms with Crippen LogP contribution in [0.4, 0.5) is 0 Å². The summed E-state index contributed by atoms with van der Waals surface area (Å²) in [5, 5.41) is 3.04. The zero-order chi connectivity index (χ0) is 14.5. The molecule has 1 unspecified atom stereocenters. The summed E-state index contributed by atoms with van der Waals surface area (Å²) in [6.07, 6.45) is 0.424. The van der Waals surface area contributed by atoms with Gasteiger partial charge >= 0.3 is 0 Å². The van der Waals surface area contributed by atoms with E-state index in [9.17, 15) is 4.79 Å². The molecule has 1 amide bonds. The van der Waals surface area contributed by atoms with Crippen molar-refractivity contribution in [1.29, 1.82) is 0 Å². The Labute approximate surface area is 128 Å². The van der Waals surface area contributed by atoms with Gasteiger partial charge < -0.3 is 5.32 Å². The molecule has 0 aliphatic rings. The topological polar surface area (TPSA) is 29.1 Å². The number of aryl methyl sites for hydroxylation is 1. The third-order valence-electron chi connectivity index (χ3n) is 3.36. The minimum absolute atomic E-state index is 0.0135. The number of carbonyl (C=O) groups is 1. The maximum Gasteiger partial charge on any atom is 0.224 e. The van der Waals surface area contributed by atoms with Crippen molar-refractivity contribution in [3.63, 3.8) is 0 Å². The van der Waals surface area contributed by atoms with E-state index in [1.807, 2.05) is 62.4 Å². The van der Waals surface area contributed by atoms with Gasteiger partial charge in [0.05, 0.1) is 12.5 Å². The van der Waals surface area contributed by atoms with E-state index < -0.39 is 0 Å². The number of hydrogen-bond acceptors (Lipinski definition) is 1. The maximum atomic E-state index is 12.1. The van der Waals surface area contributed by atoms with Gasteiger partial charge in [-0.05, 0) is 42.7 Å². The Balaban J connectivity index is 1.98. The molecule has 0 fully saturated rings. The van der Waals surface area contributed by atoms with Gasteiger partial charge in [0.1, 0.15) is 0 Å². The standard InChI is InChI=1S/C17H18BrNO/c1-12-5-3-4-6-15(12)11-17(20)19-13(2)14-7-9-16(18)10-8-14/h3-10,13H,11H2,1-2H3,(H,19,20). The second kappa shape index (κ2) is 6.71. The molecule has 0 radical (unpaired) electrons. The van der Waals surface area contributed by atoms with E-state index in [1.54, 1.807) is 0 Å². The van der Waals surface area contributed by atoms with E-state index in [2.05, 4.69) is 21.2 Å². The molecule has 0 saturated carbocycles. The Morgan fingerprint density at radius 3 is 2.45 bits per heavy atom. The Hall–Kier alpha value is -1.61. The highest BCUT2D eigenvalue weighted by Crippen LogP contribution is 2.17. The molecule has 0 aliphatic carbocycles. The fourth-order valence-corrected chi connectivity index (χ4v) is 2.37. The molecule has 2 aromatic carbocycles. The largest absolute Gasteiger partial charge is 0.349 e. The normalized spacial score (nSPS) is 11.9. The quantitative estimate of drug-likeness (QED) is 0.894. The van der Waals surface area contributed by atoms with Crippen LogP contribution >= 0.6 is 15.9 Å². The van der Waals surface area contributed by atoms with Crippen LogP contribution in [0.1, 0.15) is 29.7 Å². The van der Waals surface area contributed by atoms with Crippen LogP contribution in [-0.4, -0.2) is 5.91 Å². The molecule has 0 heterocycles. The fraction of sp³-hybridized carbons (Fsp3) is 0.235. The summed E-state index contributed by atoms with van der Waals surface area (Å²) in [4.78, 5) is 12.1. The third-order valence-corrected chi connectivity index (χ3v) is 3.89. The van der Waals surface area contributed by atoms with Gasteiger partial charge in [0.15, 0.2) is 0 Å². The number of nitrogens with one attached hydrogen (secondary N) is 1. The summed E-state index contributed by atoms with van der Waals surface area (Å²) in [5.41, 5.74) is 3.33. The Bertz CT molecular complexity index is 592. The van der Waals surface area contributed by atoms with Crippen LogP contribution in [0.2, 0.25) is 0 Å². The monoisotopic (exact) mass is 331 g/mol. The molecule has 2 rings (SSSR count). The van der Waals surface area contributed by atoms with Crippen LogP contribution in [0, 0.1) is 6.92 Å². The zero-order valence-electron chi connectivity index (χ0n) is 11.7. The second-order valence-corrected chi connectivity index (χ2v) is 5.86. The predicted molar refractivity (Wildman–Crippen MR) is 85.6 cm³/mol. The van der Waals surface area contributed by atoms with E-state index >= 15 is 0 Å². The van der Waals surface area contributed by atoms with E-state index in [0.29, 0.717) is 6.42 Å². The number of hydrogen-bond donors (Lipinski definition) is 1. The highest BCUT2D eigenvalue weighted by molar-refractivity contribution is 9.10. The molecular weight excluding hydrogens is 314 g/mol. The van der Waals surface area contributed by atoms with E-state index in [0.717, 1.165) is 21.2 Å². The van der Waals surface area contributed by atoms with E-state index in [4.69, 9.17) is 0 Å². The molecule has 104 valence electrons. The number of rotatable bonds is 4. The molecule has 0 aromatic heterocycles.